The number of nitrogens with one attached hydrogen (secondary N) is 1. The predicted molar refractivity (Wildman–Crippen MR) is 87.6 cm³/mol. The van der Waals surface area contributed by atoms with Gasteiger partial charge in [0.1, 0.15) is 6.04 Å². The van der Waals surface area contributed by atoms with Gasteiger partial charge in [0.15, 0.2) is 0 Å². The summed E-state index contributed by atoms with van der Waals surface area (Å²) in [6.45, 7) is 1.28. The summed E-state index contributed by atoms with van der Waals surface area (Å²) in [7, 11) is -3.87. The van der Waals surface area contributed by atoms with Crippen molar-refractivity contribution in [2.24, 2.45) is 0 Å². The molecule has 0 heterocycles. The predicted octanol–water partition coefficient (Wildman–Crippen LogP) is 2.94. The van der Waals surface area contributed by atoms with Crippen LogP contribution in [0.15, 0.2) is 53.4 Å². The maximum absolute atomic E-state index is 12.4. The monoisotopic (exact) mass is 354 g/mol. The van der Waals surface area contributed by atoms with Crippen LogP contribution in [-0.2, 0) is 10.0 Å². The van der Waals surface area contributed by atoms with Crippen LogP contribution in [0, 0.1) is 17.0 Å². The van der Waals surface area contributed by atoms with Gasteiger partial charge in [0, 0.05) is 9.95 Å². The minimum atomic E-state index is -3.87. The first-order valence-corrected chi connectivity index (χ1v) is 8.60. The number of nitro groups is 1. The topological polar surface area (TPSA) is 89.3 Å². The van der Waals surface area contributed by atoms with Crippen molar-refractivity contribution < 1.29 is 13.3 Å². The van der Waals surface area contributed by atoms with Crippen molar-refractivity contribution in [2.75, 3.05) is 6.54 Å². The molecule has 23 heavy (non-hydrogen) atoms. The van der Waals surface area contributed by atoms with Crippen LogP contribution in [0.5, 0.6) is 0 Å². The molecule has 1 atom stereocenters. The summed E-state index contributed by atoms with van der Waals surface area (Å²) >= 11 is 5.79. The SMILES string of the molecule is Cc1ccc(S(=O)(=O)NC(C[N+](=O)[O-])c2ccc(Cl)cc2)cc1. The number of hydrogen-bond donors (Lipinski definition) is 1. The lowest BCUT2D eigenvalue weighted by Crippen LogP contribution is -2.33. The molecule has 0 bridgehead atoms. The molecule has 1 N–H and O–H groups in total. The molecule has 0 saturated heterocycles. The number of halogens is 1. The van der Waals surface area contributed by atoms with Crippen LogP contribution in [0.2, 0.25) is 5.02 Å². The zero-order valence-corrected chi connectivity index (χ0v) is 13.8. The molecule has 2 aromatic rings. The van der Waals surface area contributed by atoms with E-state index in [0.717, 1.165) is 5.56 Å². The molecule has 0 aliphatic rings. The van der Waals surface area contributed by atoms with Crippen LogP contribution in [0.3, 0.4) is 0 Å². The highest BCUT2D eigenvalue weighted by Gasteiger charge is 2.25. The third kappa shape index (κ3) is 4.75. The van der Waals surface area contributed by atoms with Crippen molar-refractivity contribution in [3.63, 3.8) is 0 Å². The minimum absolute atomic E-state index is 0.0606. The van der Waals surface area contributed by atoms with Crippen LogP contribution in [0.1, 0.15) is 17.2 Å². The van der Waals surface area contributed by atoms with E-state index in [2.05, 4.69) is 4.72 Å². The molecular weight excluding hydrogens is 340 g/mol. The molecule has 8 heteroatoms. The molecule has 6 nitrogen and oxygen atoms in total. The lowest BCUT2D eigenvalue weighted by atomic mass is 10.1. The van der Waals surface area contributed by atoms with Gasteiger partial charge in [-0.25, -0.2) is 8.42 Å². The van der Waals surface area contributed by atoms with Gasteiger partial charge in [-0.2, -0.15) is 4.72 Å². The molecule has 0 spiro atoms. The van der Waals surface area contributed by atoms with Crippen molar-refractivity contribution >= 4 is 21.6 Å². The zero-order valence-electron chi connectivity index (χ0n) is 12.3. The van der Waals surface area contributed by atoms with E-state index in [1.165, 1.54) is 12.1 Å². The summed E-state index contributed by atoms with van der Waals surface area (Å²) in [5, 5.41) is 11.3. The molecule has 0 aliphatic heterocycles. The van der Waals surface area contributed by atoms with E-state index in [1.54, 1.807) is 36.4 Å². The third-order valence-electron chi connectivity index (χ3n) is 3.23. The Morgan fingerprint density at radius 2 is 1.70 bits per heavy atom. The van der Waals surface area contributed by atoms with Crippen LogP contribution < -0.4 is 4.72 Å². The number of hydrogen-bond acceptors (Lipinski definition) is 4. The lowest BCUT2D eigenvalue weighted by molar-refractivity contribution is -0.483. The highest BCUT2D eigenvalue weighted by Crippen LogP contribution is 2.20. The number of rotatable bonds is 6. The first-order chi connectivity index (χ1) is 10.8. The van der Waals surface area contributed by atoms with Crippen molar-refractivity contribution in [3.05, 3.63) is 74.8 Å². The second-order valence-corrected chi connectivity index (χ2v) is 7.20. The van der Waals surface area contributed by atoms with Gasteiger partial charge in [-0.05, 0) is 36.8 Å². The summed E-state index contributed by atoms with van der Waals surface area (Å²) in [4.78, 5) is 10.4. The average Bonchev–Trinajstić information content (AvgIpc) is 2.47. The molecule has 0 aliphatic carbocycles. The van der Waals surface area contributed by atoms with Gasteiger partial charge in [-0.15, -0.1) is 0 Å². The summed E-state index contributed by atoms with van der Waals surface area (Å²) in [5.74, 6) is 0. The highest BCUT2D eigenvalue weighted by atomic mass is 35.5. The smallest absolute Gasteiger partial charge is 0.241 e. The molecule has 0 fully saturated rings. The van der Waals surface area contributed by atoms with Crippen LogP contribution in [0.25, 0.3) is 0 Å². The molecule has 0 amide bonds. The molecular formula is C15H15ClN2O4S. The zero-order chi connectivity index (χ0) is 17.0. The Labute approximate surface area is 139 Å². The Morgan fingerprint density at radius 1 is 1.13 bits per heavy atom. The van der Waals surface area contributed by atoms with E-state index < -0.39 is 27.5 Å². The van der Waals surface area contributed by atoms with Crippen molar-refractivity contribution in [3.8, 4) is 0 Å². The van der Waals surface area contributed by atoms with Gasteiger partial charge >= 0.3 is 0 Å². The van der Waals surface area contributed by atoms with Gasteiger partial charge in [0.25, 0.3) is 0 Å². The standard InChI is InChI=1S/C15H15ClN2O4S/c1-11-2-8-14(9-3-11)23(21,22)17-15(10-18(19)20)12-4-6-13(16)7-5-12/h2-9,15,17H,10H2,1H3. The Balaban J connectivity index is 2.31. The summed E-state index contributed by atoms with van der Waals surface area (Å²) in [6, 6.07) is 11.5. The molecule has 0 saturated carbocycles. The van der Waals surface area contributed by atoms with Crippen LogP contribution in [0.4, 0.5) is 0 Å². The fraction of sp³-hybridized carbons (Fsp3) is 0.200. The molecule has 0 aromatic heterocycles. The van der Waals surface area contributed by atoms with E-state index in [0.29, 0.717) is 10.6 Å². The largest absolute Gasteiger partial charge is 0.264 e. The van der Waals surface area contributed by atoms with Crippen molar-refractivity contribution in [2.45, 2.75) is 17.9 Å². The van der Waals surface area contributed by atoms with Crippen molar-refractivity contribution in [1.82, 2.24) is 4.72 Å². The number of nitrogens with zero attached hydrogens (tertiary/aromatic N) is 1. The minimum Gasteiger partial charge on any atom is -0.264 e. The summed E-state index contributed by atoms with van der Waals surface area (Å²) < 4.78 is 27.2. The van der Waals surface area contributed by atoms with Crippen molar-refractivity contribution in [1.29, 1.82) is 0 Å². The first kappa shape index (κ1) is 17.4. The average molecular weight is 355 g/mol. The second kappa shape index (κ2) is 7.08. The van der Waals surface area contributed by atoms with Gasteiger partial charge in [-0.1, -0.05) is 41.4 Å². The summed E-state index contributed by atoms with van der Waals surface area (Å²) in [6.07, 6.45) is 0. The fourth-order valence-electron chi connectivity index (χ4n) is 2.03. The fourth-order valence-corrected chi connectivity index (χ4v) is 3.37. The molecule has 2 aromatic carbocycles. The van der Waals surface area contributed by atoms with E-state index in [9.17, 15) is 18.5 Å². The summed E-state index contributed by atoms with van der Waals surface area (Å²) in [5.41, 5.74) is 1.39. The van der Waals surface area contributed by atoms with Crippen LogP contribution in [-0.4, -0.2) is 19.9 Å². The Morgan fingerprint density at radius 3 is 2.22 bits per heavy atom. The maximum Gasteiger partial charge on any atom is 0.241 e. The van der Waals surface area contributed by atoms with Gasteiger partial charge in [0.05, 0.1) is 4.90 Å². The Hall–Kier alpha value is -1.96. The van der Waals surface area contributed by atoms with Crippen LogP contribution >= 0.6 is 11.6 Å². The first-order valence-electron chi connectivity index (χ1n) is 6.74. The van der Waals surface area contributed by atoms with Gasteiger partial charge in [0.2, 0.25) is 16.6 Å². The number of aryl methyl sites for hydroxylation is 1. The number of benzene rings is 2. The Bertz CT molecular complexity index is 789. The van der Waals surface area contributed by atoms with Gasteiger partial charge < -0.3 is 0 Å². The quantitative estimate of drug-likeness (QED) is 0.638. The normalized spacial score (nSPS) is 12.8. The molecule has 122 valence electrons. The molecule has 2 rings (SSSR count). The molecule has 1 unspecified atom stereocenters. The second-order valence-electron chi connectivity index (χ2n) is 5.05. The van der Waals surface area contributed by atoms with E-state index in [-0.39, 0.29) is 4.90 Å². The van der Waals surface area contributed by atoms with E-state index in [1.807, 2.05) is 6.92 Å². The van der Waals surface area contributed by atoms with E-state index >= 15 is 0 Å². The highest BCUT2D eigenvalue weighted by molar-refractivity contribution is 7.89. The maximum atomic E-state index is 12.4. The van der Waals surface area contributed by atoms with E-state index in [4.69, 9.17) is 11.6 Å². The molecule has 0 radical (unpaired) electrons. The number of sulfonamides is 1. The Kier molecular flexibility index (Phi) is 5.35. The lowest BCUT2D eigenvalue weighted by Gasteiger charge is -2.16. The third-order valence-corrected chi connectivity index (χ3v) is 4.97. The van der Waals surface area contributed by atoms with Gasteiger partial charge in [-0.3, -0.25) is 10.1 Å².